The molecule has 0 bridgehead atoms. The predicted octanol–water partition coefficient (Wildman–Crippen LogP) is 3.51. The van der Waals surface area contributed by atoms with E-state index in [9.17, 15) is 0 Å². The first-order valence-corrected chi connectivity index (χ1v) is 6.28. The number of rotatable bonds is 3. The molecule has 3 aromatic rings. The second-order valence-corrected chi connectivity index (χ2v) is 4.65. The molecule has 1 aromatic carbocycles. The molecular formula is C14H12ClN3O. The minimum atomic E-state index is 0.422. The van der Waals surface area contributed by atoms with Crippen LogP contribution in [0.15, 0.2) is 47.1 Å². The van der Waals surface area contributed by atoms with Crippen LogP contribution in [0, 0.1) is 0 Å². The van der Waals surface area contributed by atoms with E-state index in [4.69, 9.17) is 16.0 Å². The highest BCUT2D eigenvalue weighted by Crippen LogP contribution is 2.28. The number of furan rings is 1. The second kappa shape index (κ2) is 4.90. The first-order valence-electron chi connectivity index (χ1n) is 5.90. The molecule has 0 aliphatic heterocycles. The number of nitrogens with zero attached hydrogens (tertiary/aromatic N) is 3. The van der Waals surface area contributed by atoms with Crippen LogP contribution in [0.5, 0.6) is 0 Å². The van der Waals surface area contributed by atoms with E-state index in [1.54, 1.807) is 6.26 Å². The molecular weight excluding hydrogens is 262 g/mol. The van der Waals surface area contributed by atoms with Gasteiger partial charge < -0.3 is 9.32 Å². The molecule has 0 amide bonds. The third kappa shape index (κ3) is 2.27. The monoisotopic (exact) mass is 273 g/mol. The molecule has 0 aliphatic carbocycles. The minimum Gasteiger partial charge on any atom is -0.467 e. The Morgan fingerprint density at radius 2 is 1.89 bits per heavy atom. The largest absolute Gasteiger partial charge is 0.467 e. The lowest BCUT2D eigenvalue weighted by Crippen LogP contribution is -2.18. The summed E-state index contributed by atoms with van der Waals surface area (Å²) in [6.07, 6.45) is 1.66. The van der Waals surface area contributed by atoms with Gasteiger partial charge in [0.25, 0.3) is 0 Å². The van der Waals surface area contributed by atoms with Crippen molar-refractivity contribution in [1.82, 2.24) is 10.2 Å². The number of aromatic nitrogens is 2. The Bertz CT molecular complexity index is 697. The quantitative estimate of drug-likeness (QED) is 0.732. The average molecular weight is 274 g/mol. The zero-order valence-electron chi connectivity index (χ0n) is 10.4. The summed E-state index contributed by atoms with van der Waals surface area (Å²) in [5.74, 6) is 1.67. The van der Waals surface area contributed by atoms with E-state index < -0.39 is 0 Å². The highest BCUT2D eigenvalue weighted by atomic mass is 35.5. The molecule has 0 spiro atoms. The normalized spacial score (nSPS) is 10.8. The highest BCUT2D eigenvalue weighted by Gasteiger charge is 2.12. The molecule has 0 saturated heterocycles. The van der Waals surface area contributed by atoms with Gasteiger partial charge in [0.1, 0.15) is 5.76 Å². The lowest BCUT2D eigenvalue weighted by atomic mass is 10.2. The van der Waals surface area contributed by atoms with Crippen LogP contribution in [0.4, 0.5) is 5.82 Å². The predicted molar refractivity (Wildman–Crippen MR) is 75.4 cm³/mol. The second-order valence-electron chi connectivity index (χ2n) is 4.30. The fourth-order valence-corrected chi connectivity index (χ4v) is 2.25. The Balaban J connectivity index is 2.03. The van der Waals surface area contributed by atoms with Crippen molar-refractivity contribution in [2.75, 3.05) is 11.9 Å². The SMILES string of the molecule is CN(Cc1ccco1)c1nnc(Cl)c2ccccc12. The van der Waals surface area contributed by atoms with Crippen molar-refractivity contribution in [3.8, 4) is 0 Å². The van der Waals surface area contributed by atoms with Crippen LogP contribution in [0.2, 0.25) is 5.15 Å². The fraction of sp³-hybridized carbons (Fsp3) is 0.143. The smallest absolute Gasteiger partial charge is 0.159 e. The topological polar surface area (TPSA) is 42.2 Å². The van der Waals surface area contributed by atoms with Crippen LogP contribution in [0.3, 0.4) is 0 Å². The number of fused-ring (bicyclic) bond motifs is 1. The van der Waals surface area contributed by atoms with Crippen LogP contribution < -0.4 is 4.90 Å². The Kier molecular flexibility index (Phi) is 3.09. The van der Waals surface area contributed by atoms with Crippen LogP contribution >= 0.6 is 11.6 Å². The minimum absolute atomic E-state index is 0.422. The van der Waals surface area contributed by atoms with Crippen molar-refractivity contribution in [2.24, 2.45) is 0 Å². The lowest BCUT2D eigenvalue weighted by Gasteiger charge is -2.18. The Hall–Kier alpha value is -2.07. The summed E-state index contributed by atoms with van der Waals surface area (Å²) in [7, 11) is 1.95. The summed E-state index contributed by atoms with van der Waals surface area (Å²) < 4.78 is 5.35. The van der Waals surface area contributed by atoms with Crippen molar-refractivity contribution in [2.45, 2.75) is 6.54 Å². The standard InChI is InChI=1S/C14H12ClN3O/c1-18(9-10-5-4-8-19-10)14-12-7-3-2-6-11(12)13(15)16-17-14/h2-8H,9H2,1H3. The van der Waals surface area contributed by atoms with E-state index in [1.807, 2.05) is 48.3 Å². The third-order valence-corrected chi connectivity index (χ3v) is 3.24. The third-order valence-electron chi connectivity index (χ3n) is 2.96. The molecule has 96 valence electrons. The van der Waals surface area contributed by atoms with E-state index in [2.05, 4.69) is 10.2 Å². The zero-order chi connectivity index (χ0) is 13.2. The molecule has 4 nitrogen and oxygen atoms in total. The van der Waals surface area contributed by atoms with E-state index in [1.165, 1.54) is 0 Å². The molecule has 0 unspecified atom stereocenters. The van der Waals surface area contributed by atoms with Crippen molar-refractivity contribution in [3.63, 3.8) is 0 Å². The van der Waals surface area contributed by atoms with E-state index in [0.29, 0.717) is 11.7 Å². The molecule has 2 heterocycles. The summed E-state index contributed by atoms with van der Waals surface area (Å²) in [6, 6.07) is 11.6. The summed E-state index contributed by atoms with van der Waals surface area (Å²) in [5.41, 5.74) is 0. The molecule has 0 fully saturated rings. The van der Waals surface area contributed by atoms with Gasteiger partial charge in [-0.3, -0.25) is 0 Å². The molecule has 0 N–H and O–H groups in total. The van der Waals surface area contributed by atoms with Gasteiger partial charge in [-0.15, -0.1) is 10.2 Å². The maximum Gasteiger partial charge on any atom is 0.159 e. The van der Waals surface area contributed by atoms with Crippen molar-refractivity contribution in [3.05, 3.63) is 53.6 Å². The Morgan fingerprint density at radius 3 is 2.63 bits per heavy atom. The zero-order valence-corrected chi connectivity index (χ0v) is 11.1. The molecule has 0 aliphatic rings. The number of hydrogen-bond donors (Lipinski definition) is 0. The summed E-state index contributed by atoms with van der Waals surface area (Å²) in [4.78, 5) is 1.99. The van der Waals surface area contributed by atoms with Crippen molar-refractivity contribution >= 4 is 28.2 Å². The van der Waals surface area contributed by atoms with E-state index in [0.717, 1.165) is 22.4 Å². The molecule has 5 heteroatoms. The summed E-state index contributed by atoms with van der Waals surface area (Å²) >= 11 is 6.07. The molecule has 0 radical (unpaired) electrons. The van der Waals surface area contributed by atoms with Crippen LogP contribution in [-0.2, 0) is 6.54 Å². The van der Waals surface area contributed by atoms with E-state index >= 15 is 0 Å². The van der Waals surface area contributed by atoms with Gasteiger partial charge in [-0.1, -0.05) is 35.9 Å². The Morgan fingerprint density at radius 1 is 1.11 bits per heavy atom. The van der Waals surface area contributed by atoms with E-state index in [-0.39, 0.29) is 0 Å². The van der Waals surface area contributed by atoms with Gasteiger partial charge in [0.05, 0.1) is 12.8 Å². The number of halogens is 1. The number of anilines is 1. The van der Waals surface area contributed by atoms with Crippen molar-refractivity contribution in [1.29, 1.82) is 0 Å². The van der Waals surface area contributed by atoms with Gasteiger partial charge in [-0.25, -0.2) is 0 Å². The molecule has 19 heavy (non-hydrogen) atoms. The molecule has 3 rings (SSSR count). The highest BCUT2D eigenvalue weighted by molar-refractivity contribution is 6.34. The molecule has 0 saturated carbocycles. The van der Waals surface area contributed by atoms with Crippen molar-refractivity contribution < 1.29 is 4.42 Å². The lowest BCUT2D eigenvalue weighted by molar-refractivity contribution is 0.507. The van der Waals surface area contributed by atoms with Crippen LogP contribution in [0.25, 0.3) is 10.8 Å². The summed E-state index contributed by atoms with van der Waals surface area (Å²) in [6.45, 7) is 0.632. The van der Waals surface area contributed by atoms with Gasteiger partial charge in [-0.2, -0.15) is 0 Å². The first kappa shape index (κ1) is 12.0. The van der Waals surface area contributed by atoms with Gasteiger partial charge in [0, 0.05) is 17.8 Å². The van der Waals surface area contributed by atoms with Gasteiger partial charge in [-0.05, 0) is 12.1 Å². The number of benzene rings is 1. The first-order chi connectivity index (χ1) is 9.25. The van der Waals surface area contributed by atoms with Crippen LogP contribution in [0.1, 0.15) is 5.76 Å². The van der Waals surface area contributed by atoms with Gasteiger partial charge in [0.15, 0.2) is 11.0 Å². The Labute approximate surface area is 115 Å². The van der Waals surface area contributed by atoms with Gasteiger partial charge >= 0.3 is 0 Å². The maximum atomic E-state index is 6.07. The fourth-order valence-electron chi connectivity index (χ4n) is 2.05. The average Bonchev–Trinajstić information content (AvgIpc) is 2.92. The molecule has 0 atom stereocenters. The van der Waals surface area contributed by atoms with Crippen LogP contribution in [-0.4, -0.2) is 17.2 Å². The number of hydrogen-bond acceptors (Lipinski definition) is 4. The molecule has 2 aromatic heterocycles. The maximum absolute atomic E-state index is 6.07. The summed E-state index contributed by atoms with van der Waals surface area (Å²) in [5, 5.41) is 10.5. The van der Waals surface area contributed by atoms with Gasteiger partial charge in [0.2, 0.25) is 0 Å².